The van der Waals surface area contributed by atoms with Gasteiger partial charge in [-0.3, -0.25) is 0 Å². The second-order valence-corrected chi connectivity index (χ2v) is 6.79. The molecule has 0 saturated heterocycles. The summed E-state index contributed by atoms with van der Waals surface area (Å²) in [5.74, 6) is -0.390. The number of sulfonamides is 1. The van der Waals surface area contributed by atoms with Crippen molar-refractivity contribution in [1.29, 1.82) is 0 Å². The first-order chi connectivity index (χ1) is 9.32. The molecule has 0 unspecified atom stereocenters. The quantitative estimate of drug-likeness (QED) is 0.880. The number of hydrogen-bond donors (Lipinski definition) is 1. The Labute approximate surface area is 121 Å². The zero-order valence-electron chi connectivity index (χ0n) is 10.9. The number of nitrogens with two attached hydrogens (primary N) is 1. The van der Waals surface area contributed by atoms with E-state index in [1.165, 1.54) is 24.5 Å². The fourth-order valence-corrected chi connectivity index (χ4v) is 3.51. The highest BCUT2D eigenvalue weighted by atomic mass is 32.2. The van der Waals surface area contributed by atoms with E-state index in [4.69, 9.17) is 5.14 Å². The van der Waals surface area contributed by atoms with Gasteiger partial charge in [0.05, 0.1) is 12.0 Å². The van der Waals surface area contributed by atoms with Crippen LogP contribution in [-0.4, -0.2) is 21.5 Å². The van der Waals surface area contributed by atoms with Crippen LogP contribution in [0.25, 0.3) is 10.4 Å². The van der Waals surface area contributed by atoms with Gasteiger partial charge in [-0.15, -0.1) is 11.3 Å². The average molecular weight is 311 g/mol. The predicted octanol–water partition coefficient (Wildman–Crippen LogP) is 2.16. The van der Waals surface area contributed by atoms with E-state index in [-0.39, 0.29) is 10.9 Å². The minimum Gasteiger partial charge on any atom is -0.465 e. The zero-order valence-corrected chi connectivity index (χ0v) is 12.5. The van der Waals surface area contributed by atoms with Crippen LogP contribution >= 0.6 is 11.3 Å². The van der Waals surface area contributed by atoms with Crippen LogP contribution in [0.2, 0.25) is 0 Å². The smallest absolute Gasteiger partial charge is 0.348 e. The summed E-state index contributed by atoms with van der Waals surface area (Å²) >= 11 is 1.29. The Bertz CT molecular complexity index is 762. The fourth-order valence-electron chi connectivity index (χ4n) is 1.83. The van der Waals surface area contributed by atoms with E-state index >= 15 is 0 Å². The van der Waals surface area contributed by atoms with Gasteiger partial charge in [-0.2, -0.15) is 0 Å². The molecule has 1 aromatic heterocycles. The lowest BCUT2D eigenvalue weighted by Gasteiger charge is -2.05. The molecule has 0 bridgehead atoms. The van der Waals surface area contributed by atoms with E-state index in [9.17, 15) is 13.2 Å². The van der Waals surface area contributed by atoms with E-state index in [1.54, 1.807) is 31.2 Å². The van der Waals surface area contributed by atoms with Gasteiger partial charge in [-0.1, -0.05) is 6.07 Å². The summed E-state index contributed by atoms with van der Waals surface area (Å²) in [6, 6.07) is 8.33. The number of esters is 1. The highest BCUT2D eigenvalue weighted by Gasteiger charge is 2.14. The van der Waals surface area contributed by atoms with Gasteiger partial charge in [0.15, 0.2) is 0 Å². The molecular weight excluding hydrogens is 298 g/mol. The molecule has 5 nitrogen and oxygen atoms in total. The standard InChI is InChI=1S/C13H13NO4S2/c1-8-7-9(3-6-12(8)20(14,16)17)10-4-5-11(19-10)13(15)18-2/h3-7H,1-2H3,(H2,14,16,17). The van der Waals surface area contributed by atoms with Crippen molar-refractivity contribution in [3.8, 4) is 10.4 Å². The molecule has 1 aromatic carbocycles. The number of thiophene rings is 1. The van der Waals surface area contributed by atoms with E-state index in [0.717, 1.165) is 10.4 Å². The normalized spacial score (nSPS) is 11.3. The van der Waals surface area contributed by atoms with Crippen LogP contribution in [0.5, 0.6) is 0 Å². The Kier molecular flexibility index (Phi) is 3.94. The van der Waals surface area contributed by atoms with Crippen molar-refractivity contribution in [2.45, 2.75) is 11.8 Å². The molecule has 106 valence electrons. The maximum atomic E-state index is 11.4. The SMILES string of the molecule is COC(=O)c1ccc(-c2ccc(S(N)(=O)=O)c(C)c2)s1. The number of hydrogen-bond acceptors (Lipinski definition) is 5. The monoisotopic (exact) mass is 311 g/mol. The lowest BCUT2D eigenvalue weighted by molar-refractivity contribution is 0.0606. The number of rotatable bonds is 3. The van der Waals surface area contributed by atoms with Crippen molar-refractivity contribution in [2.24, 2.45) is 5.14 Å². The molecule has 0 fully saturated rings. The Morgan fingerprint density at radius 3 is 2.50 bits per heavy atom. The fraction of sp³-hybridized carbons (Fsp3) is 0.154. The van der Waals surface area contributed by atoms with E-state index in [0.29, 0.717) is 10.4 Å². The molecule has 2 aromatic rings. The predicted molar refractivity (Wildman–Crippen MR) is 77.2 cm³/mol. The summed E-state index contributed by atoms with van der Waals surface area (Å²) in [6.45, 7) is 1.68. The first-order valence-corrected chi connectivity index (χ1v) is 8.01. The van der Waals surface area contributed by atoms with Crippen LogP contribution in [0.3, 0.4) is 0 Å². The molecule has 7 heteroatoms. The molecule has 1 heterocycles. The number of methoxy groups -OCH3 is 1. The molecule has 0 radical (unpaired) electrons. The number of benzene rings is 1. The first-order valence-electron chi connectivity index (χ1n) is 5.65. The number of carbonyl (C=O) groups is 1. The summed E-state index contributed by atoms with van der Waals surface area (Å²) in [5, 5.41) is 5.12. The third-order valence-electron chi connectivity index (χ3n) is 2.76. The van der Waals surface area contributed by atoms with Gasteiger partial charge in [0, 0.05) is 4.88 Å². The van der Waals surface area contributed by atoms with Crippen molar-refractivity contribution in [3.05, 3.63) is 40.8 Å². The minimum atomic E-state index is -3.72. The van der Waals surface area contributed by atoms with Gasteiger partial charge in [0.2, 0.25) is 10.0 Å². The second-order valence-electron chi connectivity index (χ2n) is 4.18. The molecule has 0 amide bonds. The van der Waals surface area contributed by atoms with Gasteiger partial charge in [-0.05, 0) is 42.3 Å². The average Bonchev–Trinajstić information content (AvgIpc) is 2.85. The second kappa shape index (κ2) is 5.35. The van der Waals surface area contributed by atoms with Crippen LogP contribution in [0.15, 0.2) is 35.2 Å². The van der Waals surface area contributed by atoms with E-state index in [1.807, 2.05) is 0 Å². The molecule has 0 aliphatic rings. The molecule has 0 saturated carbocycles. The van der Waals surface area contributed by atoms with Gasteiger partial charge in [-0.25, -0.2) is 18.4 Å². The Hall–Kier alpha value is -1.70. The summed E-state index contributed by atoms with van der Waals surface area (Å²) in [4.78, 5) is 12.9. The Morgan fingerprint density at radius 1 is 1.25 bits per heavy atom. The molecule has 0 spiro atoms. The third-order valence-corrected chi connectivity index (χ3v) is 4.94. The number of ether oxygens (including phenoxy) is 1. The maximum Gasteiger partial charge on any atom is 0.348 e. The zero-order chi connectivity index (χ0) is 14.9. The Balaban J connectivity index is 2.42. The van der Waals surface area contributed by atoms with Crippen molar-refractivity contribution in [3.63, 3.8) is 0 Å². The molecule has 0 atom stereocenters. The van der Waals surface area contributed by atoms with Gasteiger partial charge >= 0.3 is 5.97 Å². The molecule has 20 heavy (non-hydrogen) atoms. The summed E-state index contributed by atoms with van der Waals surface area (Å²) < 4.78 is 27.4. The topological polar surface area (TPSA) is 86.5 Å². The summed E-state index contributed by atoms with van der Waals surface area (Å²) in [7, 11) is -2.39. The molecule has 0 aliphatic carbocycles. The maximum absolute atomic E-state index is 11.4. The lowest BCUT2D eigenvalue weighted by atomic mass is 10.1. The summed E-state index contributed by atoms with van der Waals surface area (Å²) in [6.07, 6.45) is 0. The Morgan fingerprint density at radius 2 is 1.95 bits per heavy atom. The molecular formula is C13H13NO4S2. The highest BCUT2D eigenvalue weighted by molar-refractivity contribution is 7.89. The first kappa shape index (κ1) is 14.7. The van der Waals surface area contributed by atoms with Crippen LogP contribution in [-0.2, 0) is 14.8 Å². The number of carbonyl (C=O) groups excluding carboxylic acids is 1. The third kappa shape index (κ3) is 2.90. The number of primary sulfonamides is 1. The lowest BCUT2D eigenvalue weighted by Crippen LogP contribution is -2.13. The van der Waals surface area contributed by atoms with Crippen molar-refractivity contribution in [2.75, 3.05) is 7.11 Å². The van der Waals surface area contributed by atoms with Crippen molar-refractivity contribution < 1.29 is 17.9 Å². The largest absolute Gasteiger partial charge is 0.465 e. The van der Waals surface area contributed by atoms with Crippen LogP contribution in [0.1, 0.15) is 15.2 Å². The van der Waals surface area contributed by atoms with Crippen molar-refractivity contribution >= 4 is 27.3 Å². The number of aryl methyl sites for hydroxylation is 1. The van der Waals surface area contributed by atoms with Gasteiger partial charge < -0.3 is 4.74 Å². The van der Waals surface area contributed by atoms with Crippen LogP contribution < -0.4 is 5.14 Å². The van der Waals surface area contributed by atoms with E-state index in [2.05, 4.69) is 4.74 Å². The van der Waals surface area contributed by atoms with Gasteiger partial charge in [0.25, 0.3) is 0 Å². The molecule has 0 aliphatic heterocycles. The highest BCUT2D eigenvalue weighted by Crippen LogP contribution is 2.30. The van der Waals surface area contributed by atoms with Crippen LogP contribution in [0.4, 0.5) is 0 Å². The van der Waals surface area contributed by atoms with Crippen LogP contribution in [0, 0.1) is 6.92 Å². The van der Waals surface area contributed by atoms with Crippen molar-refractivity contribution in [1.82, 2.24) is 0 Å². The molecule has 2 N–H and O–H groups in total. The molecule has 2 rings (SSSR count). The summed E-state index contributed by atoms with van der Waals surface area (Å²) in [5.41, 5.74) is 1.40. The van der Waals surface area contributed by atoms with E-state index < -0.39 is 10.0 Å². The minimum absolute atomic E-state index is 0.103. The van der Waals surface area contributed by atoms with Gasteiger partial charge in [0.1, 0.15) is 4.88 Å².